The lowest BCUT2D eigenvalue weighted by atomic mass is 9.93. The van der Waals surface area contributed by atoms with E-state index < -0.39 is 146 Å². The molecule has 8 aromatic rings. The Hall–Kier alpha value is -11.6. The fourth-order valence-corrected chi connectivity index (χ4v) is 14.8. The summed E-state index contributed by atoms with van der Waals surface area (Å²) in [5.41, 5.74) is 17.1. The number of nitrogens with two attached hydrogens (primary N) is 2. The highest BCUT2D eigenvalue weighted by Crippen LogP contribution is 2.42. The van der Waals surface area contributed by atoms with Gasteiger partial charge in [-0.2, -0.15) is 0 Å². The zero-order valence-corrected chi connectivity index (χ0v) is 74.8. The highest BCUT2D eigenvalue weighted by molar-refractivity contribution is 14.1. The molecule has 0 aliphatic carbocycles. The predicted molar refractivity (Wildman–Crippen MR) is 484 cm³/mol. The molecule has 2 aliphatic rings. The maximum atomic E-state index is 15.8. The summed E-state index contributed by atoms with van der Waals surface area (Å²) in [6.07, 6.45) is -0.742. The van der Waals surface area contributed by atoms with E-state index in [0.29, 0.717) is 34.0 Å². The normalized spacial score (nSPS) is 17.6. The number of unbranched alkanes of at least 4 members (excludes halogenated alkanes) is 1. The van der Waals surface area contributed by atoms with Gasteiger partial charge in [-0.1, -0.05) is 96.0 Å². The summed E-state index contributed by atoms with van der Waals surface area (Å²) in [4.78, 5) is 186. The molecule has 10 amide bonds. The quantitative estimate of drug-likeness (QED) is 0.0107. The van der Waals surface area contributed by atoms with E-state index in [1.54, 1.807) is 91.0 Å². The Morgan fingerprint density at radius 2 is 0.888 bits per heavy atom. The van der Waals surface area contributed by atoms with E-state index in [1.165, 1.54) is 154 Å². The van der Waals surface area contributed by atoms with Crippen molar-refractivity contribution in [3.05, 3.63) is 213 Å². The zero-order valence-electron chi connectivity index (χ0n) is 68.9. The van der Waals surface area contributed by atoms with Crippen LogP contribution in [0.25, 0.3) is 44.5 Å². The molecule has 0 radical (unpaired) electrons. The van der Waals surface area contributed by atoms with Crippen molar-refractivity contribution in [3.8, 4) is 67.5 Å². The molecule has 0 saturated carbocycles. The number of carbonyl (C=O) groups is 13. The first-order valence-electron chi connectivity index (χ1n) is 40.1. The van der Waals surface area contributed by atoms with E-state index in [2.05, 4.69) is 42.5 Å². The minimum atomic E-state index is -1.72. The molecule has 2 aliphatic heterocycles. The molecular weight excluding hydrogens is 1880 g/mol. The number of amides is 10. The lowest BCUT2D eigenvalue weighted by Gasteiger charge is -2.33. The molecule has 1 unspecified atom stereocenters. The molecule has 0 saturated heterocycles. The summed E-state index contributed by atoms with van der Waals surface area (Å²) in [6.45, 7) is 4.33. The second kappa shape index (κ2) is 44.3. The van der Waals surface area contributed by atoms with Gasteiger partial charge < -0.3 is 93.3 Å². The Labute approximate surface area is 758 Å². The van der Waals surface area contributed by atoms with Crippen molar-refractivity contribution in [2.75, 3.05) is 47.0 Å². The standard InChI is InChI=1S/C90H96Cl2I2N12O19/c1-47(79(93)111)97-85(117)70-41-51-10-32-72(107)64(39-51)66-43-59(77(87(119)99-49(3)81(113)103-70)105(5)89(121)68(9-7-8-36-95)101-83(115)57-16-12-53(13-17-57)55-20-26-61(91)27-21-55)24-34-74(66)124-38-37-123-63(45-96)30-31-69(102-84(116)58-18-14-54(15-19-58)56-22-28-62(92)29-23-56)90(122)106(6)78-60-25-35-75(125-46-76(109)110)67(44-60)65-40-52(11-33-73(65)108)42-71(86(118)98-48(2)80(94)112)104-82(114)50(4)100-88(78)120/h10-29,32-35,39-40,43-44,47-50,63,68-71,77-78,107-108H,7-9,30-31,36-38,41-42,45-46,95-96H2,1-6H3,(H,97,117)(H,98,118)(H,99,119)(H,100,120)(H,101,115)(H,102,116)(H,103,113)(H,104,114)(H,109,110)/t47-,48-,49-,50-,63?,68-,69-,70-,71-,77-,78-/m0/s1. The number of ether oxygens (including phenoxy) is 3. The van der Waals surface area contributed by atoms with Gasteiger partial charge >= 0.3 is 5.97 Å². The average molecular weight is 1970 g/mol. The summed E-state index contributed by atoms with van der Waals surface area (Å²) in [7, 11) is 2.64. The molecule has 11 atom stereocenters. The van der Waals surface area contributed by atoms with Gasteiger partial charge in [0.15, 0.2) is 6.61 Å². The highest BCUT2D eigenvalue weighted by Gasteiger charge is 2.40. The smallest absolute Gasteiger partial charge is 0.341 e. The molecule has 8 bridgehead atoms. The molecule has 15 N–H and O–H groups in total. The van der Waals surface area contributed by atoms with Gasteiger partial charge in [-0.3, -0.25) is 57.5 Å². The van der Waals surface area contributed by atoms with Crippen LogP contribution in [0.4, 0.5) is 0 Å². The van der Waals surface area contributed by atoms with E-state index >= 15 is 19.2 Å². The number of aliphatic carboxylic acids is 1. The number of carboxylic acid groups (broad SMARTS) is 1. The van der Waals surface area contributed by atoms with Crippen molar-refractivity contribution >= 4 is 141 Å². The first kappa shape index (κ1) is 95.6. The molecule has 8 aromatic carbocycles. The van der Waals surface area contributed by atoms with Crippen LogP contribution < -0.4 is 63.5 Å². The highest BCUT2D eigenvalue weighted by atomic mass is 127. The van der Waals surface area contributed by atoms with E-state index in [9.17, 15) is 58.5 Å². The Bertz CT molecular complexity index is 5350. The number of hydrogen-bond acceptors (Lipinski definition) is 20. The monoisotopic (exact) mass is 1970 g/mol. The van der Waals surface area contributed by atoms with E-state index in [1.807, 2.05) is 12.1 Å². The Balaban J connectivity index is 0.970. The number of likely N-dealkylation sites (N-methyl/N-ethyl adjacent to an activating group) is 2. The van der Waals surface area contributed by atoms with Crippen molar-refractivity contribution in [3.63, 3.8) is 0 Å². The predicted octanol–water partition coefficient (Wildman–Crippen LogP) is 8.49. The van der Waals surface area contributed by atoms with E-state index in [0.717, 1.165) is 32.1 Å². The van der Waals surface area contributed by atoms with Gasteiger partial charge in [-0.15, -0.1) is 0 Å². The average Bonchev–Trinajstić information content (AvgIpc) is 0.781. The number of phenolic OH excluding ortho intramolecular Hbond substituents is 2. The number of carbonyl (C=O) groups excluding carboxylic acids is 12. The number of phenols is 2. The first-order chi connectivity index (χ1) is 59.6. The maximum absolute atomic E-state index is 15.8. The number of halogens is 4. The van der Waals surface area contributed by atoms with Crippen molar-refractivity contribution in [1.29, 1.82) is 0 Å². The summed E-state index contributed by atoms with van der Waals surface area (Å²) in [6, 6.07) is 31.0. The summed E-state index contributed by atoms with van der Waals surface area (Å²) in [5, 5.41) is 56.1. The van der Waals surface area contributed by atoms with E-state index in [-0.39, 0.29) is 126 Å². The van der Waals surface area contributed by atoms with Crippen molar-refractivity contribution in [2.45, 2.75) is 139 Å². The molecule has 35 heteroatoms. The number of aromatic hydroxyl groups is 2. The molecule has 10 rings (SSSR count). The number of benzene rings is 8. The SMILES string of the molecule is C[C@H](NC(=O)[C@@H]1Cc2ccc(O)c(c2)-c2cc(ccc2OCCOC(CN)CC[C@H](NC(=O)c2ccc(-c3ccc(Cl)cc3)cc2)C(=O)N(C)[C@@H]2C(=O)N[C@@H](C)C(=O)N[C@H](C(=O)N[C@@H](C)C(=O)I)Cc3ccc(O)c(c3)-c3cc2ccc3OCC(=O)O)[C@H](N(C)C(=O)[C@H](CCCCN)NC(=O)c2ccc(-c3ccc(Cl)cc3)cc2)C(=O)N[C@@H](C)C(=O)N1)C(=O)I. The number of nitrogens with one attached hydrogen (secondary N) is 8. The van der Waals surface area contributed by atoms with Crippen LogP contribution in [0.2, 0.25) is 10.0 Å². The molecular formula is C90H96Cl2I2N12O19. The third-order valence-corrected chi connectivity index (χ3v) is 23.6. The second-order valence-corrected chi connectivity index (χ2v) is 33.3. The van der Waals surface area contributed by atoms with Crippen LogP contribution in [-0.2, 0) is 70.3 Å². The van der Waals surface area contributed by atoms with Crippen LogP contribution in [0.5, 0.6) is 23.0 Å². The third kappa shape index (κ3) is 25.4. The molecule has 31 nitrogen and oxygen atoms in total. The number of fused-ring (bicyclic) bond motifs is 10. The third-order valence-electron chi connectivity index (χ3n) is 21.2. The van der Waals surface area contributed by atoms with Gasteiger partial charge in [-0.05, 0) is 208 Å². The largest absolute Gasteiger partial charge is 0.507 e. The fourth-order valence-electron chi connectivity index (χ4n) is 14.3. The van der Waals surface area contributed by atoms with Gasteiger partial charge in [-0.25, -0.2) is 4.79 Å². The number of hydrogen-bond donors (Lipinski definition) is 13. The number of rotatable bonds is 32. The van der Waals surface area contributed by atoms with Gasteiger partial charge in [0, 0.05) is 122 Å². The van der Waals surface area contributed by atoms with Crippen LogP contribution >= 0.6 is 68.4 Å². The number of nitrogens with zero attached hydrogens (tertiary/aromatic N) is 2. The zero-order chi connectivity index (χ0) is 90.6. The Morgan fingerprint density at radius 1 is 0.488 bits per heavy atom. The maximum Gasteiger partial charge on any atom is 0.341 e. The van der Waals surface area contributed by atoms with Crippen LogP contribution in [-0.4, -0.2) is 199 Å². The summed E-state index contributed by atoms with van der Waals surface area (Å²) >= 11 is 15.4. The molecule has 2 heterocycles. The van der Waals surface area contributed by atoms with Crippen molar-refractivity contribution < 1.29 is 91.9 Å². The minimum Gasteiger partial charge on any atom is -0.507 e. The van der Waals surface area contributed by atoms with Crippen LogP contribution in [0.3, 0.4) is 0 Å². The summed E-state index contributed by atoms with van der Waals surface area (Å²) in [5.74, 6) is -10.1. The van der Waals surface area contributed by atoms with Gasteiger partial charge in [0.25, 0.3) is 11.8 Å². The minimum absolute atomic E-state index is 0.0133. The van der Waals surface area contributed by atoms with Crippen LogP contribution in [0.15, 0.2) is 170 Å². The van der Waals surface area contributed by atoms with Crippen LogP contribution in [0.1, 0.15) is 115 Å². The van der Waals surface area contributed by atoms with Crippen molar-refractivity contribution in [1.82, 2.24) is 52.3 Å². The molecule has 0 fully saturated rings. The fraction of sp³-hybridized carbons (Fsp3) is 0.322. The van der Waals surface area contributed by atoms with Gasteiger partial charge in [0.1, 0.15) is 77.9 Å². The van der Waals surface area contributed by atoms with Gasteiger partial charge in [0.05, 0.1) is 24.8 Å². The molecule has 0 spiro atoms. The number of carboxylic acids is 1. The van der Waals surface area contributed by atoms with E-state index in [4.69, 9.17) is 48.9 Å². The molecule has 658 valence electrons. The second-order valence-electron chi connectivity index (χ2n) is 30.3. The van der Waals surface area contributed by atoms with Gasteiger partial charge in [0.2, 0.25) is 54.8 Å². The van der Waals surface area contributed by atoms with Crippen LogP contribution in [0, 0.1) is 0 Å². The topological polar surface area (TPSA) is 465 Å². The Kier molecular flexibility index (Phi) is 33.9. The summed E-state index contributed by atoms with van der Waals surface area (Å²) < 4.78 is 17.9. The van der Waals surface area contributed by atoms with Crippen molar-refractivity contribution in [2.24, 2.45) is 11.5 Å². The lowest BCUT2D eigenvalue weighted by molar-refractivity contribution is -0.142. The first-order valence-corrected chi connectivity index (χ1v) is 43.0. The molecule has 125 heavy (non-hydrogen) atoms. The Morgan fingerprint density at radius 3 is 1.28 bits per heavy atom. The molecule has 0 aromatic heterocycles. The lowest BCUT2D eigenvalue weighted by Crippen LogP contribution is -2.56.